The molecule has 1 saturated heterocycles. The first-order valence-corrected chi connectivity index (χ1v) is 9.68. The van der Waals surface area contributed by atoms with Gasteiger partial charge in [0.15, 0.2) is 0 Å². The molecule has 136 valence electrons. The van der Waals surface area contributed by atoms with E-state index in [0.29, 0.717) is 24.1 Å². The maximum Gasteiger partial charge on any atom is 0.328 e. The molecule has 0 radical (unpaired) electrons. The van der Waals surface area contributed by atoms with E-state index in [1.807, 2.05) is 6.92 Å². The van der Waals surface area contributed by atoms with E-state index in [9.17, 15) is 18.0 Å². The molecule has 0 unspecified atom stereocenters. The first-order valence-electron chi connectivity index (χ1n) is 8.20. The second-order valence-corrected chi connectivity index (χ2v) is 8.13. The van der Waals surface area contributed by atoms with Gasteiger partial charge in [0.25, 0.3) is 0 Å². The van der Waals surface area contributed by atoms with Crippen molar-refractivity contribution in [3.63, 3.8) is 0 Å². The summed E-state index contributed by atoms with van der Waals surface area (Å²) >= 11 is 0. The minimum atomic E-state index is -3.77. The van der Waals surface area contributed by atoms with Gasteiger partial charge < -0.3 is 4.90 Å². The number of carbonyl (C=O) groups is 1. The number of hydrogen-bond acceptors (Lipinski definition) is 4. The van der Waals surface area contributed by atoms with Crippen molar-refractivity contribution in [3.8, 4) is 0 Å². The van der Waals surface area contributed by atoms with Gasteiger partial charge in [0.1, 0.15) is 0 Å². The Morgan fingerprint density at radius 2 is 1.84 bits per heavy atom. The summed E-state index contributed by atoms with van der Waals surface area (Å²) in [5.41, 5.74) is 0.996. The molecule has 0 spiro atoms. The zero-order valence-electron chi connectivity index (χ0n) is 14.5. The van der Waals surface area contributed by atoms with Crippen LogP contribution in [0.3, 0.4) is 0 Å². The van der Waals surface area contributed by atoms with Crippen molar-refractivity contribution in [1.29, 1.82) is 0 Å². The molecule has 0 bridgehead atoms. The molecule has 3 rings (SSSR count). The predicted octanol–water partition coefficient (Wildman–Crippen LogP) is 0.166. The van der Waals surface area contributed by atoms with Crippen molar-refractivity contribution in [2.45, 2.75) is 30.7 Å². The van der Waals surface area contributed by atoms with Gasteiger partial charge in [-0.25, -0.2) is 17.9 Å². The number of sulfonamides is 1. The fourth-order valence-corrected chi connectivity index (χ4v) is 4.53. The van der Waals surface area contributed by atoms with E-state index in [-0.39, 0.29) is 22.9 Å². The van der Waals surface area contributed by atoms with E-state index < -0.39 is 16.1 Å². The Morgan fingerprint density at radius 1 is 1.16 bits per heavy atom. The van der Waals surface area contributed by atoms with Crippen LogP contribution >= 0.6 is 0 Å². The molecule has 0 aliphatic carbocycles. The zero-order chi connectivity index (χ0) is 18.4. The summed E-state index contributed by atoms with van der Waals surface area (Å²) in [6.07, 6.45) is 1.01. The number of nitrogens with one attached hydrogen (secondary N) is 1. The van der Waals surface area contributed by atoms with Crippen LogP contribution in [0.1, 0.15) is 19.8 Å². The molecule has 1 aliphatic rings. The van der Waals surface area contributed by atoms with Crippen molar-refractivity contribution in [2.24, 2.45) is 14.1 Å². The number of carbonyl (C=O) groups excluding carboxylic acids is 1. The van der Waals surface area contributed by atoms with Crippen molar-refractivity contribution in [1.82, 2.24) is 18.8 Å². The lowest BCUT2D eigenvalue weighted by Gasteiger charge is -2.16. The third kappa shape index (κ3) is 3.09. The molecule has 2 heterocycles. The quantitative estimate of drug-likeness (QED) is 0.816. The highest BCUT2D eigenvalue weighted by atomic mass is 32.2. The molecule has 0 saturated carbocycles. The highest BCUT2D eigenvalue weighted by Crippen LogP contribution is 2.20. The Kier molecular flexibility index (Phi) is 4.46. The number of nitrogens with zero attached hydrogens (tertiary/aromatic N) is 3. The van der Waals surface area contributed by atoms with Crippen molar-refractivity contribution in [2.75, 3.05) is 13.1 Å². The van der Waals surface area contributed by atoms with Crippen LogP contribution in [-0.4, -0.2) is 47.5 Å². The highest BCUT2D eigenvalue weighted by Gasteiger charge is 2.32. The molecule has 25 heavy (non-hydrogen) atoms. The number of aromatic nitrogens is 2. The smallest absolute Gasteiger partial charge is 0.328 e. The summed E-state index contributed by atoms with van der Waals surface area (Å²) in [5.74, 6) is -0.0320. The van der Waals surface area contributed by atoms with Crippen LogP contribution in [0.2, 0.25) is 0 Å². The van der Waals surface area contributed by atoms with Crippen molar-refractivity contribution >= 4 is 27.0 Å². The standard InChI is InChI=1S/C16H22N4O4S/c1-4-7-20-10-11(8-15(20)21)17-25(23,24)12-5-6-13-14(9-12)19(3)16(22)18(13)2/h5-6,9,11,17H,4,7-8,10H2,1-3H3/t11-/m0/s1. The molecular weight excluding hydrogens is 344 g/mol. The number of benzene rings is 1. The summed E-state index contributed by atoms with van der Waals surface area (Å²) in [6, 6.07) is 4.15. The van der Waals surface area contributed by atoms with Gasteiger partial charge in [-0.15, -0.1) is 0 Å². The minimum absolute atomic E-state index is 0.0320. The number of likely N-dealkylation sites (tertiary alicyclic amines) is 1. The first-order chi connectivity index (χ1) is 11.7. The van der Waals surface area contributed by atoms with Crippen molar-refractivity contribution in [3.05, 3.63) is 28.7 Å². The van der Waals surface area contributed by atoms with Gasteiger partial charge in [0, 0.05) is 39.6 Å². The largest absolute Gasteiger partial charge is 0.341 e. The highest BCUT2D eigenvalue weighted by molar-refractivity contribution is 7.89. The van der Waals surface area contributed by atoms with Crippen LogP contribution in [-0.2, 0) is 28.9 Å². The van der Waals surface area contributed by atoms with Gasteiger partial charge in [-0.3, -0.25) is 13.9 Å². The maximum atomic E-state index is 12.7. The van der Waals surface area contributed by atoms with Crippen LogP contribution in [0, 0.1) is 0 Å². The average molecular weight is 366 g/mol. The van der Waals surface area contributed by atoms with Gasteiger partial charge in [-0.1, -0.05) is 6.92 Å². The summed E-state index contributed by atoms with van der Waals surface area (Å²) < 4.78 is 30.8. The van der Waals surface area contributed by atoms with Crippen LogP contribution in [0.25, 0.3) is 11.0 Å². The fraction of sp³-hybridized carbons (Fsp3) is 0.500. The van der Waals surface area contributed by atoms with Gasteiger partial charge >= 0.3 is 5.69 Å². The summed E-state index contributed by atoms with van der Waals surface area (Å²) in [5, 5.41) is 0. The molecular formula is C16H22N4O4S. The Hall–Kier alpha value is -2.13. The number of imidazole rings is 1. The van der Waals surface area contributed by atoms with Gasteiger partial charge in [0.05, 0.1) is 15.9 Å². The third-order valence-electron chi connectivity index (χ3n) is 4.58. The van der Waals surface area contributed by atoms with E-state index in [1.165, 1.54) is 21.3 Å². The molecule has 1 fully saturated rings. The second kappa shape index (κ2) is 6.30. The molecule has 8 nitrogen and oxygen atoms in total. The first kappa shape index (κ1) is 17.7. The average Bonchev–Trinajstić information content (AvgIpc) is 3.00. The lowest BCUT2D eigenvalue weighted by molar-refractivity contribution is -0.127. The van der Waals surface area contributed by atoms with Crippen LogP contribution in [0.15, 0.2) is 27.9 Å². The predicted molar refractivity (Wildman–Crippen MR) is 93.8 cm³/mol. The molecule has 1 amide bonds. The van der Waals surface area contributed by atoms with Gasteiger partial charge in [-0.05, 0) is 24.6 Å². The van der Waals surface area contributed by atoms with E-state index in [2.05, 4.69) is 4.72 Å². The molecule has 1 aromatic heterocycles. The van der Waals surface area contributed by atoms with Crippen LogP contribution in [0.5, 0.6) is 0 Å². The maximum absolute atomic E-state index is 12.7. The zero-order valence-corrected chi connectivity index (χ0v) is 15.3. The Bertz CT molecular complexity index is 989. The lowest BCUT2D eigenvalue weighted by Crippen LogP contribution is -2.37. The Balaban J connectivity index is 1.88. The number of fused-ring (bicyclic) bond motifs is 1. The molecule has 9 heteroatoms. The van der Waals surface area contributed by atoms with E-state index in [0.717, 1.165) is 6.42 Å². The molecule has 1 aliphatic heterocycles. The van der Waals surface area contributed by atoms with Gasteiger partial charge in [-0.2, -0.15) is 0 Å². The molecule has 1 N–H and O–H groups in total. The summed E-state index contributed by atoms with van der Waals surface area (Å²) in [4.78, 5) is 25.6. The Labute approximate surface area is 146 Å². The van der Waals surface area contributed by atoms with Crippen LogP contribution < -0.4 is 10.4 Å². The second-order valence-electron chi connectivity index (χ2n) is 6.41. The number of hydrogen-bond donors (Lipinski definition) is 1. The number of rotatable bonds is 5. The monoisotopic (exact) mass is 366 g/mol. The number of amides is 1. The summed E-state index contributed by atoms with van der Waals surface area (Å²) in [7, 11) is -0.524. The van der Waals surface area contributed by atoms with E-state index in [1.54, 1.807) is 25.1 Å². The fourth-order valence-electron chi connectivity index (χ4n) is 3.28. The van der Waals surface area contributed by atoms with Gasteiger partial charge in [0.2, 0.25) is 15.9 Å². The van der Waals surface area contributed by atoms with Crippen LogP contribution in [0.4, 0.5) is 0 Å². The Morgan fingerprint density at radius 3 is 2.52 bits per heavy atom. The molecule has 1 aromatic carbocycles. The number of aryl methyl sites for hydroxylation is 2. The SMILES string of the molecule is CCCN1C[C@@H](NS(=O)(=O)c2ccc3c(c2)n(C)c(=O)n3C)CC1=O. The van der Waals surface area contributed by atoms with E-state index >= 15 is 0 Å². The topological polar surface area (TPSA) is 93.4 Å². The third-order valence-corrected chi connectivity index (χ3v) is 6.10. The van der Waals surface area contributed by atoms with E-state index in [4.69, 9.17) is 0 Å². The molecule has 1 atom stereocenters. The molecule has 2 aromatic rings. The minimum Gasteiger partial charge on any atom is -0.341 e. The lowest BCUT2D eigenvalue weighted by atomic mass is 10.3. The summed E-state index contributed by atoms with van der Waals surface area (Å²) in [6.45, 7) is 3.00. The van der Waals surface area contributed by atoms with Crippen molar-refractivity contribution < 1.29 is 13.2 Å². The normalized spacial score (nSPS) is 18.4.